The second kappa shape index (κ2) is 6.68. The molecule has 3 rings (SSSR count). The van der Waals surface area contributed by atoms with Crippen LogP contribution in [-0.2, 0) is 19.2 Å². The molecule has 0 saturated carbocycles. The smallest absolute Gasteiger partial charge is 0.314 e. The predicted octanol–water partition coefficient (Wildman–Crippen LogP) is -0.205. The van der Waals surface area contributed by atoms with Crippen LogP contribution in [0.4, 0.5) is 0 Å². The molecular weight excluding hydrogens is 314 g/mol. The van der Waals surface area contributed by atoms with Crippen LogP contribution in [0.5, 0.6) is 0 Å². The van der Waals surface area contributed by atoms with Crippen LogP contribution < -0.4 is 0 Å². The molecule has 2 atom stereocenters. The van der Waals surface area contributed by atoms with E-state index in [1.807, 2.05) is 6.92 Å². The summed E-state index contributed by atoms with van der Waals surface area (Å²) in [6.45, 7) is 4.88. The Bertz CT molecular complexity index is 534. The molecule has 0 spiro atoms. The van der Waals surface area contributed by atoms with E-state index in [2.05, 4.69) is 0 Å². The third-order valence-electron chi connectivity index (χ3n) is 5.44. The first-order chi connectivity index (χ1) is 11.5. The third kappa shape index (κ3) is 2.88. The second-order valence-corrected chi connectivity index (χ2v) is 6.86. The van der Waals surface area contributed by atoms with Gasteiger partial charge in [0.2, 0.25) is 11.8 Å². The van der Waals surface area contributed by atoms with Crippen molar-refractivity contribution in [1.29, 1.82) is 0 Å². The van der Waals surface area contributed by atoms with E-state index in [1.54, 1.807) is 14.9 Å². The van der Waals surface area contributed by atoms with Crippen molar-refractivity contribution in [3.05, 3.63) is 0 Å². The molecule has 0 aromatic carbocycles. The first-order valence-electron chi connectivity index (χ1n) is 8.66. The lowest BCUT2D eigenvalue weighted by molar-refractivity contribution is -0.182. The highest BCUT2D eigenvalue weighted by Crippen LogP contribution is 2.43. The van der Waals surface area contributed by atoms with E-state index in [9.17, 15) is 19.5 Å². The van der Waals surface area contributed by atoms with Gasteiger partial charge in [0.05, 0.1) is 12.5 Å². The van der Waals surface area contributed by atoms with E-state index in [-0.39, 0.29) is 37.9 Å². The molecule has 24 heavy (non-hydrogen) atoms. The van der Waals surface area contributed by atoms with Crippen LogP contribution in [0.2, 0.25) is 0 Å². The molecule has 134 valence electrons. The van der Waals surface area contributed by atoms with Gasteiger partial charge in [-0.2, -0.15) is 5.06 Å². The molecule has 8 nitrogen and oxygen atoms in total. The van der Waals surface area contributed by atoms with Gasteiger partial charge < -0.3 is 14.9 Å². The minimum Gasteiger partial charge on any atom is -0.481 e. The van der Waals surface area contributed by atoms with Crippen molar-refractivity contribution in [3.63, 3.8) is 0 Å². The van der Waals surface area contributed by atoms with Crippen molar-refractivity contribution in [2.45, 2.75) is 26.2 Å². The number of carbonyl (C=O) groups is 3. The minimum atomic E-state index is -1.15. The van der Waals surface area contributed by atoms with E-state index >= 15 is 0 Å². The second-order valence-electron chi connectivity index (χ2n) is 6.86. The average Bonchev–Trinajstić information content (AvgIpc) is 3.10. The number of hydrogen-bond donors (Lipinski definition) is 1. The number of carboxylic acid groups (broad SMARTS) is 1. The van der Waals surface area contributed by atoms with Crippen molar-refractivity contribution in [3.8, 4) is 0 Å². The predicted molar refractivity (Wildman–Crippen MR) is 83.8 cm³/mol. The number of amides is 2. The SMILES string of the molecule is CCN1C[C@]2(C(=O)O)CN(C(=O)CCN3CCCCO3)C[C@@H]2C1=O. The molecule has 1 N–H and O–H groups in total. The highest BCUT2D eigenvalue weighted by molar-refractivity contribution is 5.94. The molecule has 0 bridgehead atoms. The average molecular weight is 339 g/mol. The lowest BCUT2D eigenvalue weighted by atomic mass is 9.81. The Kier molecular flexibility index (Phi) is 4.78. The number of hydroxylamine groups is 2. The summed E-state index contributed by atoms with van der Waals surface area (Å²) in [5.41, 5.74) is -1.15. The summed E-state index contributed by atoms with van der Waals surface area (Å²) in [4.78, 5) is 45.3. The Morgan fingerprint density at radius 3 is 2.71 bits per heavy atom. The third-order valence-corrected chi connectivity index (χ3v) is 5.44. The molecule has 0 radical (unpaired) electrons. The number of hydrogen-bond acceptors (Lipinski definition) is 5. The minimum absolute atomic E-state index is 0.102. The Morgan fingerprint density at radius 1 is 1.33 bits per heavy atom. The molecule has 3 heterocycles. The fourth-order valence-electron chi connectivity index (χ4n) is 3.97. The van der Waals surface area contributed by atoms with Crippen molar-refractivity contribution < 1.29 is 24.3 Å². The largest absolute Gasteiger partial charge is 0.481 e. The topological polar surface area (TPSA) is 90.4 Å². The Morgan fingerprint density at radius 2 is 2.12 bits per heavy atom. The normalized spacial score (nSPS) is 30.7. The van der Waals surface area contributed by atoms with Gasteiger partial charge in [0.25, 0.3) is 0 Å². The molecule has 3 fully saturated rings. The molecular formula is C16H25N3O5. The summed E-state index contributed by atoms with van der Waals surface area (Å²) in [6.07, 6.45) is 2.38. The van der Waals surface area contributed by atoms with Crippen LogP contribution in [0.25, 0.3) is 0 Å². The molecule has 3 aliphatic rings. The van der Waals surface area contributed by atoms with Gasteiger partial charge in [0.1, 0.15) is 5.41 Å². The zero-order valence-electron chi connectivity index (χ0n) is 14.1. The summed E-state index contributed by atoms with van der Waals surface area (Å²) in [5.74, 6) is -1.85. The number of rotatable bonds is 5. The summed E-state index contributed by atoms with van der Waals surface area (Å²) in [5, 5.41) is 11.5. The monoisotopic (exact) mass is 339 g/mol. The zero-order chi connectivity index (χ0) is 17.3. The van der Waals surface area contributed by atoms with Gasteiger partial charge >= 0.3 is 5.97 Å². The van der Waals surface area contributed by atoms with Crippen LogP contribution >= 0.6 is 0 Å². The first-order valence-corrected chi connectivity index (χ1v) is 8.66. The van der Waals surface area contributed by atoms with Gasteiger partial charge in [-0.15, -0.1) is 0 Å². The molecule has 0 aromatic rings. The zero-order valence-corrected chi connectivity index (χ0v) is 14.1. The fraction of sp³-hybridized carbons (Fsp3) is 0.812. The summed E-state index contributed by atoms with van der Waals surface area (Å²) in [7, 11) is 0. The summed E-state index contributed by atoms with van der Waals surface area (Å²) in [6, 6.07) is 0. The van der Waals surface area contributed by atoms with Gasteiger partial charge in [0.15, 0.2) is 0 Å². The molecule has 0 aromatic heterocycles. The molecule has 0 unspecified atom stereocenters. The van der Waals surface area contributed by atoms with E-state index in [1.165, 1.54) is 0 Å². The Balaban J connectivity index is 1.62. The first kappa shape index (κ1) is 17.2. The van der Waals surface area contributed by atoms with Crippen molar-refractivity contribution >= 4 is 17.8 Å². The quantitative estimate of drug-likeness (QED) is 0.746. The van der Waals surface area contributed by atoms with Gasteiger partial charge in [0, 0.05) is 45.7 Å². The van der Waals surface area contributed by atoms with E-state index in [0.717, 1.165) is 19.4 Å². The number of carboxylic acids is 1. The van der Waals surface area contributed by atoms with Crippen molar-refractivity contribution in [1.82, 2.24) is 14.9 Å². The lowest BCUT2D eigenvalue weighted by Gasteiger charge is -2.27. The van der Waals surface area contributed by atoms with Gasteiger partial charge in [-0.3, -0.25) is 19.2 Å². The highest BCUT2D eigenvalue weighted by atomic mass is 16.7. The molecule has 3 saturated heterocycles. The molecule has 8 heteroatoms. The summed E-state index contributed by atoms with van der Waals surface area (Å²) < 4.78 is 0. The highest BCUT2D eigenvalue weighted by Gasteiger charge is 2.62. The van der Waals surface area contributed by atoms with E-state index in [0.29, 0.717) is 19.7 Å². The number of fused-ring (bicyclic) bond motifs is 1. The summed E-state index contributed by atoms with van der Waals surface area (Å²) >= 11 is 0. The standard InChI is InChI=1S/C16H25N3O5/c1-2-17-10-16(15(22)23)11-18(9-12(16)14(17)21)13(20)5-7-19-6-3-4-8-24-19/h12H,2-11H2,1H3,(H,22,23)/t12-,16+/m1/s1. The van der Waals surface area contributed by atoms with Gasteiger partial charge in [-0.25, -0.2) is 0 Å². The van der Waals surface area contributed by atoms with E-state index in [4.69, 9.17) is 4.84 Å². The maximum atomic E-state index is 12.5. The number of aliphatic carboxylic acids is 1. The van der Waals surface area contributed by atoms with Crippen molar-refractivity contribution in [2.75, 3.05) is 45.9 Å². The van der Waals surface area contributed by atoms with Crippen molar-refractivity contribution in [2.24, 2.45) is 11.3 Å². The maximum Gasteiger partial charge on any atom is 0.314 e. The molecule has 2 amide bonds. The number of likely N-dealkylation sites (tertiary alicyclic amines) is 2. The lowest BCUT2D eigenvalue weighted by Crippen LogP contribution is -2.42. The number of nitrogens with zero attached hydrogens (tertiary/aromatic N) is 3. The fourth-order valence-corrected chi connectivity index (χ4v) is 3.97. The molecule has 0 aliphatic carbocycles. The van der Waals surface area contributed by atoms with Crippen LogP contribution in [0.15, 0.2) is 0 Å². The Labute approximate surface area is 141 Å². The van der Waals surface area contributed by atoms with Gasteiger partial charge in [-0.05, 0) is 19.8 Å². The van der Waals surface area contributed by atoms with Crippen LogP contribution in [-0.4, -0.2) is 83.6 Å². The van der Waals surface area contributed by atoms with Crippen LogP contribution in [0.1, 0.15) is 26.2 Å². The van der Waals surface area contributed by atoms with Crippen LogP contribution in [0.3, 0.4) is 0 Å². The Hall–Kier alpha value is -1.67. The maximum absolute atomic E-state index is 12.5. The van der Waals surface area contributed by atoms with Crippen LogP contribution in [0, 0.1) is 11.3 Å². The number of carbonyl (C=O) groups excluding carboxylic acids is 2. The van der Waals surface area contributed by atoms with E-state index < -0.39 is 17.3 Å². The van der Waals surface area contributed by atoms with Gasteiger partial charge in [-0.1, -0.05) is 0 Å². The molecule has 3 aliphatic heterocycles.